The van der Waals surface area contributed by atoms with E-state index in [4.69, 9.17) is 0 Å². The van der Waals surface area contributed by atoms with Crippen LogP contribution >= 0.6 is 0 Å². The fourth-order valence-electron chi connectivity index (χ4n) is 2.04. The lowest BCUT2D eigenvalue weighted by molar-refractivity contribution is 0.367. The number of hydrogen-bond acceptors (Lipinski definition) is 2. The number of aromatic nitrogens is 2. The molecule has 0 bridgehead atoms. The maximum Gasteiger partial charge on any atom is 0.0952 e. The molecule has 1 N–H and O–H groups in total. The molecule has 1 aliphatic rings. The second-order valence-electron chi connectivity index (χ2n) is 4.13. The van der Waals surface area contributed by atoms with E-state index in [0.29, 0.717) is 0 Å². The van der Waals surface area contributed by atoms with Crippen molar-refractivity contribution >= 4 is 0 Å². The number of fused-ring (bicyclic) bond motifs is 1. The summed E-state index contributed by atoms with van der Waals surface area (Å²) in [6.45, 7) is 8.64. The molecule has 1 aromatic rings. The molecule has 0 atom stereocenters. The van der Waals surface area contributed by atoms with Crippen LogP contribution < -0.4 is 5.32 Å². The van der Waals surface area contributed by atoms with Crippen molar-refractivity contribution in [2.75, 3.05) is 6.54 Å². The molecule has 2 heterocycles. The maximum absolute atomic E-state index is 4.48. The molecule has 0 aromatic carbocycles. The third-order valence-corrected chi connectivity index (χ3v) is 2.81. The Labute approximate surface area is 79.2 Å². The molecule has 0 amide bonds. The van der Waals surface area contributed by atoms with Gasteiger partial charge in [-0.25, -0.2) is 4.98 Å². The molecule has 13 heavy (non-hydrogen) atoms. The van der Waals surface area contributed by atoms with Crippen molar-refractivity contribution < 1.29 is 0 Å². The predicted molar refractivity (Wildman–Crippen MR) is 52.6 cm³/mol. The van der Waals surface area contributed by atoms with Gasteiger partial charge in [0.25, 0.3) is 0 Å². The molecular formula is C10H17N3. The average Bonchev–Trinajstić information content (AvgIpc) is 2.48. The third-order valence-electron chi connectivity index (χ3n) is 2.81. The van der Waals surface area contributed by atoms with E-state index in [1.165, 1.54) is 11.4 Å². The van der Waals surface area contributed by atoms with Gasteiger partial charge in [0.15, 0.2) is 0 Å². The molecule has 0 saturated carbocycles. The van der Waals surface area contributed by atoms with Crippen LogP contribution in [0.4, 0.5) is 0 Å². The van der Waals surface area contributed by atoms with Crippen molar-refractivity contribution in [3.8, 4) is 0 Å². The number of nitrogens with zero attached hydrogens (tertiary/aromatic N) is 2. The second-order valence-corrected chi connectivity index (χ2v) is 4.13. The van der Waals surface area contributed by atoms with Crippen molar-refractivity contribution in [1.82, 2.24) is 14.9 Å². The Kier molecular flexibility index (Phi) is 1.91. The van der Waals surface area contributed by atoms with Gasteiger partial charge in [0.05, 0.1) is 17.6 Å². The molecule has 3 heteroatoms. The number of rotatable bonds is 1. The van der Waals surface area contributed by atoms with Crippen LogP contribution in [0.2, 0.25) is 0 Å². The van der Waals surface area contributed by atoms with Crippen LogP contribution in [0.3, 0.4) is 0 Å². The smallest absolute Gasteiger partial charge is 0.0952 e. The Bertz CT molecular complexity index is 312. The van der Waals surface area contributed by atoms with E-state index in [2.05, 4.69) is 35.6 Å². The number of aryl methyl sites for hydroxylation is 1. The topological polar surface area (TPSA) is 29.9 Å². The van der Waals surface area contributed by atoms with Crippen LogP contribution in [0.1, 0.15) is 32.2 Å². The molecule has 1 aliphatic heterocycles. The zero-order chi connectivity index (χ0) is 9.47. The highest BCUT2D eigenvalue weighted by atomic mass is 15.1. The van der Waals surface area contributed by atoms with E-state index in [1.54, 1.807) is 0 Å². The summed E-state index contributed by atoms with van der Waals surface area (Å²) in [5.41, 5.74) is 2.68. The summed E-state index contributed by atoms with van der Waals surface area (Å²) in [7, 11) is 0. The molecule has 2 rings (SSSR count). The standard InChI is InChI=1S/C10H17N3/c1-4-13-7-11-9-8(13)5-6-12-10(9,2)3/h7,12H,4-6H2,1-3H3. The van der Waals surface area contributed by atoms with Crippen LogP contribution in [0.5, 0.6) is 0 Å². The highest BCUT2D eigenvalue weighted by molar-refractivity contribution is 5.24. The van der Waals surface area contributed by atoms with Crippen molar-refractivity contribution in [3.63, 3.8) is 0 Å². The lowest BCUT2D eigenvalue weighted by Crippen LogP contribution is -2.43. The Morgan fingerprint density at radius 1 is 1.62 bits per heavy atom. The predicted octanol–water partition coefficient (Wildman–Crippen LogP) is 1.28. The van der Waals surface area contributed by atoms with Gasteiger partial charge in [0.1, 0.15) is 0 Å². The highest BCUT2D eigenvalue weighted by Crippen LogP contribution is 2.26. The van der Waals surface area contributed by atoms with Gasteiger partial charge in [-0.3, -0.25) is 0 Å². The van der Waals surface area contributed by atoms with Crippen LogP contribution in [-0.2, 0) is 18.5 Å². The summed E-state index contributed by atoms with van der Waals surface area (Å²) in [6, 6.07) is 0. The minimum absolute atomic E-state index is 0.0496. The Morgan fingerprint density at radius 2 is 2.38 bits per heavy atom. The molecule has 0 aliphatic carbocycles. The molecule has 0 radical (unpaired) electrons. The molecule has 0 unspecified atom stereocenters. The normalized spacial score (nSPS) is 19.9. The number of nitrogens with one attached hydrogen (secondary N) is 1. The van der Waals surface area contributed by atoms with E-state index in [0.717, 1.165) is 19.5 Å². The molecule has 1 aromatic heterocycles. The van der Waals surface area contributed by atoms with E-state index in [-0.39, 0.29) is 5.54 Å². The Morgan fingerprint density at radius 3 is 3.08 bits per heavy atom. The summed E-state index contributed by atoms with van der Waals surface area (Å²) >= 11 is 0. The first-order chi connectivity index (χ1) is 6.15. The summed E-state index contributed by atoms with van der Waals surface area (Å²) in [4.78, 5) is 4.48. The zero-order valence-corrected chi connectivity index (χ0v) is 8.59. The lowest BCUT2D eigenvalue weighted by Gasteiger charge is -2.30. The molecular weight excluding hydrogens is 162 g/mol. The Hall–Kier alpha value is -0.830. The van der Waals surface area contributed by atoms with E-state index < -0.39 is 0 Å². The lowest BCUT2D eigenvalue weighted by atomic mass is 9.94. The first kappa shape index (κ1) is 8.75. The molecule has 0 saturated heterocycles. The fourth-order valence-corrected chi connectivity index (χ4v) is 2.04. The summed E-state index contributed by atoms with van der Waals surface area (Å²) < 4.78 is 2.25. The monoisotopic (exact) mass is 179 g/mol. The largest absolute Gasteiger partial charge is 0.334 e. The van der Waals surface area contributed by atoms with Crippen LogP contribution in [-0.4, -0.2) is 16.1 Å². The van der Waals surface area contributed by atoms with E-state index in [1.807, 2.05) is 6.33 Å². The van der Waals surface area contributed by atoms with E-state index >= 15 is 0 Å². The van der Waals surface area contributed by atoms with Gasteiger partial charge >= 0.3 is 0 Å². The first-order valence-corrected chi connectivity index (χ1v) is 4.94. The zero-order valence-electron chi connectivity index (χ0n) is 8.59. The van der Waals surface area contributed by atoms with Gasteiger partial charge in [-0.1, -0.05) is 0 Å². The summed E-state index contributed by atoms with van der Waals surface area (Å²) in [5.74, 6) is 0. The summed E-state index contributed by atoms with van der Waals surface area (Å²) in [5, 5.41) is 3.48. The van der Waals surface area contributed by atoms with Crippen LogP contribution in [0.15, 0.2) is 6.33 Å². The number of imidazole rings is 1. The van der Waals surface area contributed by atoms with Gasteiger partial charge < -0.3 is 9.88 Å². The first-order valence-electron chi connectivity index (χ1n) is 4.94. The molecule has 0 spiro atoms. The van der Waals surface area contributed by atoms with Crippen molar-refractivity contribution in [3.05, 3.63) is 17.7 Å². The quantitative estimate of drug-likeness (QED) is 0.704. The van der Waals surface area contributed by atoms with Crippen molar-refractivity contribution in [2.45, 2.75) is 39.3 Å². The van der Waals surface area contributed by atoms with Crippen LogP contribution in [0, 0.1) is 0 Å². The van der Waals surface area contributed by atoms with Crippen molar-refractivity contribution in [1.29, 1.82) is 0 Å². The van der Waals surface area contributed by atoms with Gasteiger partial charge in [-0.15, -0.1) is 0 Å². The van der Waals surface area contributed by atoms with E-state index in [9.17, 15) is 0 Å². The minimum atomic E-state index is 0.0496. The molecule has 3 nitrogen and oxygen atoms in total. The molecule has 72 valence electrons. The van der Waals surface area contributed by atoms with Crippen molar-refractivity contribution in [2.24, 2.45) is 0 Å². The van der Waals surface area contributed by atoms with Crippen LogP contribution in [0.25, 0.3) is 0 Å². The number of hydrogen-bond donors (Lipinski definition) is 1. The summed E-state index contributed by atoms with van der Waals surface area (Å²) in [6.07, 6.45) is 3.06. The minimum Gasteiger partial charge on any atom is -0.334 e. The van der Waals surface area contributed by atoms with Gasteiger partial charge in [-0.05, 0) is 20.8 Å². The third kappa shape index (κ3) is 1.27. The SMILES string of the molecule is CCn1cnc2c1CCNC2(C)C. The van der Waals surface area contributed by atoms with Gasteiger partial charge in [0.2, 0.25) is 0 Å². The van der Waals surface area contributed by atoms with Gasteiger partial charge in [0, 0.05) is 25.2 Å². The fraction of sp³-hybridized carbons (Fsp3) is 0.700. The maximum atomic E-state index is 4.48. The highest BCUT2D eigenvalue weighted by Gasteiger charge is 2.30. The second kappa shape index (κ2) is 2.84. The Balaban J connectivity index is 2.48. The van der Waals surface area contributed by atoms with Gasteiger partial charge in [-0.2, -0.15) is 0 Å². The molecule has 0 fully saturated rings. The average molecular weight is 179 g/mol.